The minimum absolute atomic E-state index is 0.651. The van der Waals surface area contributed by atoms with E-state index in [4.69, 9.17) is 5.26 Å². The van der Waals surface area contributed by atoms with Crippen LogP contribution < -0.4 is 4.90 Å². The molecular formula is C16H15BrN2. The first-order valence-electron chi connectivity index (χ1n) is 6.03. The summed E-state index contributed by atoms with van der Waals surface area (Å²) in [6, 6.07) is 14.4. The molecule has 2 aromatic rings. The Morgan fingerprint density at radius 3 is 2.16 bits per heavy atom. The van der Waals surface area contributed by atoms with Crippen LogP contribution in [0.3, 0.4) is 0 Å². The Bertz CT molecular complexity index is 636. The zero-order valence-corrected chi connectivity index (χ0v) is 12.8. The molecule has 0 unspecified atom stereocenters. The fraction of sp³-hybridized carbons (Fsp3) is 0.188. The third kappa shape index (κ3) is 2.97. The summed E-state index contributed by atoms with van der Waals surface area (Å²) in [5.41, 5.74) is 5.34. The van der Waals surface area contributed by atoms with Gasteiger partial charge in [0.15, 0.2) is 0 Å². The largest absolute Gasteiger partial charge is 0.345 e. The molecule has 0 fully saturated rings. The maximum Gasteiger partial charge on any atom is 0.100 e. The van der Waals surface area contributed by atoms with Crippen molar-refractivity contribution in [3.8, 4) is 6.07 Å². The highest BCUT2D eigenvalue weighted by molar-refractivity contribution is 9.10. The summed E-state index contributed by atoms with van der Waals surface area (Å²) >= 11 is 3.43. The van der Waals surface area contributed by atoms with Crippen molar-refractivity contribution in [1.29, 1.82) is 5.26 Å². The molecule has 0 aliphatic rings. The van der Waals surface area contributed by atoms with Crippen molar-refractivity contribution >= 4 is 27.3 Å². The zero-order chi connectivity index (χ0) is 14.0. The molecule has 2 rings (SSSR count). The van der Waals surface area contributed by atoms with E-state index >= 15 is 0 Å². The summed E-state index contributed by atoms with van der Waals surface area (Å²) in [5, 5.41) is 8.94. The van der Waals surface area contributed by atoms with Crippen LogP contribution in [0.25, 0.3) is 0 Å². The van der Waals surface area contributed by atoms with E-state index in [1.54, 1.807) is 0 Å². The minimum Gasteiger partial charge on any atom is -0.345 e. The number of anilines is 2. The summed E-state index contributed by atoms with van der Waals surface area (Å²) < 4.78 is 0.823. The highest BCUT2D eigenvalue weighted by Crippen LogP contribution is 2.29. The molecule has 2 nitrogen and oxygen atoms in total. The number of halogens is 1. The van der Waals surface area contributed by atoms with Gasteiger partial charge in [-0.15, -0.1) is 0 Å². The molecule has 0 bridgehead atoms. The molecule has 0 spiro atoms. The fourth-order valence-corrected chi connectivity index (χ4v) is 2.55. The molecule has 0 aromatic heterocycles. The van der Waals surface area contributed by atoms with Gasteiger partial charge in [-0.3, -0.25) is 0 Å². The van der Waals surface area contributed by atoms with Crippen molar-refractivity contribution in [2.45, 2.75) is 13.8 Å². The van der Waals surface area contributed by atoms with Gasteiger partial charge in [0.25, 0.3) is 0 Å². The van der Waals surface area contributed by atoms with Crippen molar-refractivity contribution < 1.29 is 0 Å². The Morgan fingerprint density at radius 2 is 1.63 bits per heavy atom. The predicted octanol–water partition coefficient (Wildman–Crippen LogP) is 4.71. The molecule has 0 saturated carbocycles. The van der Waals surface area contributed by atoms with Gasteiger partial charge in [-0.2, -0.15) is 5.26 Å². The number of aryl methyl sites for hydroxylation is 2. The van der Waals surface area contributed by atoms with Crippen LogP contribution >= 0.6 is 15.9 Å². The van der Waals surface area contributed by atoms with Gasteiger partial charge >= 0.3 is 0 Å². The van der Waals surface area contributed by atoms with E-state index in [-0.39, 0.29) is 0 Å². The second-order valence-electron chi connectivity index (χ2n) is 4.68. The van der Waals surface area contributed by atoms with E-state index in [1.165, 1.54) is 11.1 Å². The average Bonchev–Trinajstić information content (AvgIpc) is 2.36. The van der Waals surface area contributed by atoms with Crippen LogP contribution in [-0.4, -0.2) is 7.05 Å². The number of nitriles is 1. The van der Waals surface area contributed by atoms with Crippen LogP contribution in [-0.2, 0) is 0 Å². The van der Waals surface area contributed by atoms with E-state index in [2.05, 4.69) is 58.9 Å². The number of benzene rings is 2. The standard InChI is InChI=1S/C16H15BrN2/c1-11-6-12(2)8-15(7-11)19(3)14-5-4-13(10-18)16(17)9-14/h4-9H,1-3H3. The van der Waals surface area contributed by atoms with Crippen molar-refractivity contribution in [2.75, 3.05) is 11.9 Å². The monoisotopic (exact) mass is 314 g/mol. The van der Waals surface area contributed by atoms with E-state index < -0.39 is 0 Å². The summed E-state index contributed by atoms with van der Waals surface area (Å²) in [6.07, 6.45) is 0. The maximum absolute atomic E-state index is 8.94. The third-order valence-electron chi connectivity index (χ3n) is 3.05. The van der Waals surface area contributed by atoms with Crippen molar-refractivity contribution in [1.82, 2.24) is 0 Å². The van der Waals surface area contributed by atoms with Crippen LogP contribution in [0, 0.1) is 25.2 Å². The molecule has 0 amide bonds. The van der Waals surface area contributed by atoms with Crippen LogP contribution in [0.2, 0.25) is 0 Å². The Labute approximate surface area is 122 Å². The molecule has 2 aromatic carbocycles. The number of rotatable bonds is 2. The average molecular weight is 315 g/mol. The van der Waals surface area contributed by atoms with Gasteiger partial charge in [0.2, 0.25) is 0 Å². The van der Waals surface area contributed by atoms with E-state index in [9.17, 15) is 0 Å². The molecule has 0 atom stereocenters. The van der Waals surface area contributed by atoms with Gasteiger partial charge in [0.1, 0.15) is 6.07 Å². The lowest BCUT2D eigenvalue weighted by molar-refractivity contribution is 1.19. The van der Waals surface area contributed by atoms with Crippen molar-refractivity contribution in [2.24, 2.45) is 0 Å². The SMILES string of the molecule is Cc1cc(C)cc(N(C)c2ccc(C#N)c(Br)c2)c1. The van der Waals surface area contributed by atoms with Crippen LogP contribution in [0.5, 0.6) is 0 Å². The Balaban J connectivity index is 2.41. The molecule has 0 heterocycles. The molecule has 0 aliphatic heterocycles. The van der Waals surface area contributed by atoms with Crippen molar-refractivity contribution in [3.63, 3.8) is 0 Å². The van der Waals surface area contributed by atoms with E-state index in [1.807, 2.05) is 25.2 Å². The molecule has 3 heteroatoms. The lowest BCUT2D eigenvalue weighted by Gasteiger charge is -2.21. The lowest BCUT2D eigenvalue weighted by atomic mass is 10.1. The fourth-order valence-electron chi connectivity index (χ4n) is 2.10. The molecule has 0 N–H and O–H groups in total. The van der Waals surface area contributed by atoms with Gasteiger partial charge in [-0.25, -0.2) is 0 Å². The van der Waals surface area contributed by atoms with Gasteiger partial charge in [-0.05, 0) is 71.2 Å². The first-order chi connectivity index (χ1) is 9.01. The molecule has 0 aliphatic carbocycles. The molecule has 0 radical (unpaired) electrons. The molecule has 0 saturated heterocycles. The summed E-state index contributed by atoms with van der Waals surface area (Å²) in [4.78, 5) is 2.12. The molecular weight excluding hydrogens is 300 g/mol. The molecule has 19 heavy (non-hydrogen) atoms. The summed E-state index contributed by atoms with van der Waals surface area (Å²) in [5.74, 6) is 0. The topological polar surface area (TPSA) is 27.0 Å². The van der Waals surface area contributed by atoms with Gasteiger partial charge < -0.3 is 4.90 Å². The third-order valence-corrected chi connectivity index (χ3v) is 3.71. The highest BCUT2D eigenvalue weighted by Gasteiger charge is 2.07. The quantitative estimate of drug-likeness (QED) is 0.803. The first-order valence-corrected chi connectivity index (χ1v) is 6.82. The van der Waals surface area contributed by atoms with Gasteiger partial charge in [-0.1, -0.05) is 6.07 Å². The molecule has 96 valence electrons. The first kappa shape index (κ1) is 13.6. The Kier molecular flexibility index (Phi) is 3.92. The predicted molar refractivity (Wildman–Crippen MR) is 82.8 cm³/mol. The zero-order valence-electron chi connectivity index (χ0n) is 11.2. The van der Waals surface area contributed by atoms with E-state index in [0.29, 0.717) is 5.56 Å². The van der Waals surface area contributed by atoms with Crippen molar-refractivity contribution in [3.05, 3.63) is 57.6 Å². The number of nitrogens with zero attached hydrogens (tertiary/aromatic N) is 2. The number of hydrogen-bond donors (Lipinski definition) is 0. The highest BCUT2D eigenvalue weighted by atomic mass is 79.9. The van der Waals surface area contributed by atoms with Crippen LogP contribution in [0.4, 0.5) is 11.4 Å². The number of hydrogen-bond acceptors (Lipinski definition) is 2. The van der Waals surface area contributed by atoms with E-state index in [0.717, 1.165) is 15.8 Å². The van der Waals surface area contributed by atoms with Crippen LogP contribution in [0.15, 0.2) is 40.9 Å². The van der Waals surface area contributed by atoms with Gasteiger partial charge in [0, 0.05) is 22.9 Å². The second kappa shape index (κ2) is 5.46. The smallest absolute Gasteiger partial charge is 0.100 e. The summed E-state index contributed by atoms with van der Waals surface area (Å²) in [7, 11) is 2.03. The summed E-state index contributed by atoms with van der Waals surface area (Å²) in [6.45, 7) is 4.19. The maximum atomic E-state index is 8.94. The normalized spacial score (nSPS) is 10.1. The van der Waals surface area contributed by atoms with Crippen LogP contribution in [0.1, 0.15) is 16.7 Å². The lowest BCUT2D eigenvalue weighted by Crippen LogP contribution is -2.10. The second-order valence-corrected chi connectivity index (χ2v) is 5.54. The van der Waals surface area contributed by atoms with Gasteiger partial charge in [0.05, 0.1) is 5.56 Å². The minimum atomic E-state index is 0.651. The Hall–Kier alpha value is -1.79. The Morgan fingerprint density at radius 1 is 1.00 bits per heavy atom.